The average molecular weight is 309 g/mol. The summed E-state index contributed by atoms with van der Waals surface area (Å²) in [5.41, 5.74) is 6.54. The number of nitrogens with zero attached hydrogens (tertiary/aromatic N) is 1. The van der Waals surface area contributed by atoms with Gasteiger partial charge in [0.2, 0.25) is 0 Å². The van der Waals surface area contributed by atoms with Crippen molar-refractivity contribution >= 4 is 11.3 Å². The molecule has 21 heavy (non-hydrogen) atoms. The molecule has 1 heterocycles. The van der Waals surface area contributed by atoms with Crippen molar-refractivity contribution in [1.29, 1.82) is 0 Å². The molecule has 120 valence electrons. The number of thiophene rings is 1. The molecule has 1 aliphatic carbocycles. The molecule has 1 fully saturated rings. The second-order valence-electron chi connectivity index (χ2n) is 7.56. The molecule has 1 aliphatic rings. The zero-order valence-electron chi connectivity index (χ0n) is 14.1. The van der Waals surface area contributed by atoms with Gasteiger partial charge in [-0.15, -0.1) is 11.3 Å². The predicted molar refractivity (Wildman–Crippen MR) is 93.6 cm³/mol. The topological polar surface area (TPSA) is 29.3 Å². The van der Waals surface area contributed by atoms with E-state index >= 15 is 0 Å². The van der Waals surface area contributed by atoms with Gasteiger partial charge in [0, 0.05) is 29.5 Å². The zero-order valence-corrected chi connectivity index (χ0v) is 15.0. The van der Waals surface area contributed by atoms with Gasteiger partial charge in [-0.05, 0) is 49.0 Å². The van der Waals surface area contributed by atoms with Crippen LogP contribution >= 0.6 is 11.3 Å². The summed E-state index contributed by atoms with van der Waals surface area (Å²) in [5, 5.41) is 2.19. The van der Waals surface area contributed by atoms with Crippen LogP contribution in [-0.2, 0) is 6.54 Å². The third-order valence-electron chi connectivity index (χ3n) is 4.46. The molecular formula is C18H32N2S. The first kappa shape index (κ1) is 17.0. The van der Waals surface area contributed by atoms with Crippen LogP contribution in [0, 0.1) is 11.8 Å². The minimum Gasteiger partial charge on any atom is -0.329 e. The molecule has 2 nitrogen and oxygen atoms in total. The summed E-state index contributed by atoms with van der Waals surface area (Å²) >= 11 is 1.88. The first-order valence-electron chi connectivity index (χ1n) is 8.46. The summed E-state index contributed by atoms with van der Waals surface area (Å²) in [4.78, 5) is 4.24. The van der Waals surface area contributed by atoms with E-state index in [4.69, 9.17) is 5.73 Å². The Hall–Kier alpha value is -0.380. The van der Waals surface area contributed by atoms with Crippen molar-refractivity contribution in [3.63, 3.8) is 0 Å². The second kappa shape index (κ2) is 7.26. The van der Waals surface area contributed by atoms with Crippen molar-refractivity contribution in [3.05, 3.63) is 22.4 Å². The van der Waals surface area contributed by atoms with Crippen LogP contribution < -0.4 is 5.73 Å². The Balaban J connectivity index is 2.24. The quantitative estimate of drug-likeness (QED) is 0.727. The lowest BCUT2D eigenvalue weighted by Crippen LogP contribution is -2.56. The standard InChI is InChI=1S/C18H32N2S/c1-14(2)10-18(13-19,11-15(3)4)20(16-7-8-16)12-17-6-5-9-21-17/h5-6,9,14-16H,7-8,10-13,19H2,1-4H3. The molecule has 0 saturated heterocycles. The molecule has 0 aromatic carbocycles. The summed E-state index contributed by atoms with van der Waals surface area (Å²) < 4.78 is 0. The van der Waals surface area contributed by atoms with Crippen LogP contribution in [0.15, 0.2) is 17.5 Å². The van der Waals surface area contributed by atoms with Crippen LogP contribution in [0.4, 0.5) is 0 Å². The fourth-order valence-electron chi connectivity index (χ4n) is 3.76. The second-order valence-corrected chi connectivity index (χ2v) is 8.60. The highest BCUT2D eigenvalue weighted by molar-refractivity contribution is 7.09. The van der Waals surface area contributed by atoms with Crippen LogP contribution in [0.1, 0.15) is 58.3 Å². The van der Waals surface area contributed by atoms with Crippen molar-refractivity contribution in [1.82, 2.24) is 4.90 Å². The van der Waals surface area contributed by atoms with E-state index in [1.165, 1.54) is 30.6 Å². The van der Waals surface area contributed by atoms with E-state index in [-0.39, 0.29) is 5.54 Å². The largest absolute Gasteiger partial charge is 0.329 e. The van der Waals surface area contributed by atoms with Crippen LogP contribution in [0.5, 0.6) is 0 Å². The van der Waals surface area contributed by atoms with Crippen molar-refractivity contribution in [2.75, 3.05) is 6.54 Å². The smallest absolute Gasteiger partial charge is 0.0343 e. The highest BCUT2D eigenvalue weighted by Gasteiger charge is 2.44. The molecular weight excluding hydrogens is 276 g/mol. The first-order chi connectivity index (χ1) is 9.97. The minimum atomic E-state index is 0.174. The van der Waals surface area contributed by atoms with E-state index in [9.17, 15) is 0 Å². The first-order valence-corrected chi connectivity index (χ1v) is 9.34. The molecule has 2 rings (SSSR count). The van der Waals surface area contributed by atoms with E-state index in [0.717, 1.165) is 19.1 Å². The van der Waals surface area contributed by atoms with Gasteiger partial charge in [-0.3, -0.25) is 4.90 Å². The lowest BCUT2D eigenvalue weighted by Gasteiger charge is -2.46. The van der Waals surface area contributed by atoms with Crippen molar-refractivity contribution in [2.24, 2.45) is 17.6 Å². The van der Waals surface area contributed by atoms with Crippen molar-refractivity contribution < 1.29 is 0 Å². The molecule has 0 spiro atoms. The predicted octanol–water partition coefficient (Wildman–Crippen LogP) is 4.50. The summed E-state index contributed by atoms with van der Waals surface area (Å²) in [6.45, 7) is 11.2. The highest BCUT2D eigenvalue weighted by atomic mass is 32.1. The molecule has 3 heteroatoms. The highest BCUT2D eigenvalue weighted by Crippen LogP contribution is 2.40. The summed E-state index contributed by atoms with van der Waals surface area (Å²) in [7, 11) is 0. The van der Waals surface area contributed by atoms with Crippen molar-refractivity contribution in [2.45, 2.75) is 71.5 Å². The molecule has 1 aromatic heterocycles. The Kier molecular flexibility index (Phi) is 5.87. The Labute approximate surface area is 134 Å². The van der Waals surface area contributed by atoms with Crippen LogP contribution in [-0.4, -0.2) is 23.0 Å². The van der Waals surface area contributed by atoms with Crippen molar-refractivity contribution in [3.8, 4) is 0 Å². The molecule has 1 saturated carbocycles. The van der Waals surface area contributed by atoms with E-state index in [1.807, 2.05) is 11.3 Å². The number of nitrogens with two attached hydrogens (primary N) is 1. The van der Waals surface area contributed by atoms with Crippen LogP contribution in [0.3, 0.4) is 0 Å². The summed E-state index contributed by atoms with van der Waals surface area (Å²) in [5.74, 6) is 1.38. The maximum atomic E-state index is 6.36. The Morgan fingerprint density at radius 2 is 1.86 bits per heavy atom. The van der Waals surface area contributed by atoms with E-state index in [2.05, 4.69) is 50.1 Å². The monoisotopic (exact) mass is 308 g/mol. The zero-order chi connectivity index (χ0) is 15.5. The molecule has 0 aliphatic heterocycles. The van der Waals surface area contributed by atoms with Gasteiger partial charge in [0.05, 0.1) is 0 Å². The Morgan fingerprint density at radius 1 is 1.24 bits per heavy atom. The molecule has 0 bridgehead atoms. The van der Waals surface area contributed by atoms with Crippen LogP contribution in [0.25, 0.3) is 0 Å². The summed E-state index contributed by atoms with van der Waals surface area (Å²) in [6, 6.07) is 5.19. The molecule has 2 N–H and O–H groups in total. The van der Waals surface area contributed by atoms with Gasteiger partial charge in [-0.1, -0.05) is 33.8 Å². The van der Waals surface area contributed by atoms with Gasteiger partial charge in [0.15, 0.2) is 0 Å². The van der Waals surface area contributed by atoms with Gasteiger partial charge in [0.25, 0.3) is 0 Å². The van der Waals surface area contributed by atoms with Gasteiger partial charge in [0.1, 0.15) is 0 Å². The maximum Gasteiger partial charge on any atom is 0.0343 e. The number of hydrogen-bond donors (Lipinski definition) is 1. The fourth-order valence-corrected chi connectivity index (χ4v) is 4.47. The fraction of sp³-hybridized carbons (Fsp3) is 0.778. The molecule has 0 amide bonds. The number of hydrogen-bond acceptors (Lipinski definition) is 3. The van der Waals surface area contributed by atoms with E-state index in [0.29, 0.717) is 11.8 Å². The molecule has 0 atom stereocenters. The SMILES string of the molecule is CC(C)CC(CN)(CC(C)C)N(Cc1cccs1)C1CC1. The lowest BCUT2D eigenvalue weighted by molar-refractivity contribution is 0.0388. The van der Waals surface area contributed by atoms with Crippen LogP contribution in [0.2, 0.25) is 0 Å². The summed E-state index contributed by atoms with van der Waals surface area (Å²) in [6.07, 6.45) is 5.12. The van der Waals surface area contributed by atoms with Gasteiger partial charge in [-0.2, -0.15) is 0 Å². The molecule has 0 unspecified atom stereocenters. The Bertz CT molecular complexity index is 397. The third kappa shape index (κ3) is 4.54. The van der Waals surface area contributed by atoms with Gasteiger partial charge < -0.3 is 5.73 Å². The third-order valence-corrected chi connectivity index (χ3v) is 5.32. The molecule has 0 radical (unpaired) electrons. The lowest BCUT2D eigenvalue weighted by atomic mass is 9.80. The van der Waals surface area contributed by atoms with Gasteiger partial charge in [-0.25, -0.2) is 0 Å². The van der Waals surface area contributed by atoms with E-state index < -0.39 is 0 Å². The number of rotatable bonds is 9. The average Bonchev–Trinajstić information content (AvgIpc) is 3.10. The maximum absolute atomic E-state index is 6.36. The van der Waals surface area contributed by atoms with E-state index in [1.54, 1.807) is 0 Å². The Morgan fingerprint density at radius 3 is 2.24 bits per heavy atom. The van der Waals surface area contributed by atoms with Gasteiger partial charge >= 0.3 is 0 Å². The molecule has 1 aromatic rings. The normalized spacial score (nSPS) is 16.4. The minimum absolute atomic E-state index is 0.174.